The van der Waals surface area contributed by atoms with E-state index in [1.165, 1.54) is 18.2 Å². The fourth-order valence-corrected chi connectivity index (χ4v) is 5.89. The van der Waals surface area contributed by atoms with Crippen LogP contribution in [0.4, 0.5) is 8.78 Å². The fraction of sp³-hybridized carbons (Fsp3) is 0.478. The summed E-state index contributed by atoms with van der Waals surface area (Å²) >= 11 is 2.83. The second-order valence-electron chi connectivity index (χ2n) is 9.15. The number of rotatable bonds is 9. The lowest BCUT2D eigenvalue weighted by molar-refractivity contribution is 0.135. The summed E-state index contributed by atoms with van der Waals surface area (Å²) in [7, 11) is -3.06. The fourth-order valence-electron chi connectivity index (χ4n) is 4.31. The van der Waals surface area contributed by atoms with E-state index in [1.807, 2.05) is 0 Å². The normalized spacial score (nSPS) is 15.9. The number of nitrogens with one attached hydrogen (secondary N) is 1. The molecule has 1 atom stereocenters. The van der Waals surface area contributed by atoms with Crippen LogP contribution in [0.2, 0.25) is 0 Å². The van der Waals surface area contributed by atoms with Crippen molar-refractivity contribution in [1.82, 2.24) is 9.62 Å². The average Bonchev–Trinajstić information content (AvgIpc) is 3.10. The highest BCUT2D eigenvalue weighted by Gasteiger charge is 2.30. The summed E-state index contributed by atoms with van der Waals surface area (Å²) in [5, 5.41) is 13.7. The molecule has 176 valence electrons. The summed E-state index contributed by atoms with van der Waals surface area (Å²) in [6, 6.07) is 9.85. The number of aliphatic hydroxyl groups is 1. The second kappa shape index (κ2) is 9.85. The number of β-amino-alcohol motifs (C(OH)–C–C–N with tert-alkyl or cyclic N) is 1. The molecule has 2 aromatic carbocycles. The first-order valence-corrected chi connectivity index (χ1v) is 12.7. The van der Waals surface area contributed by atoms with Gasteiger partial charge in [0.15, 0.2) is 0 Å². The van der Waals surface area contributed by atoms with Gasteiger partial charge in [-0.1, -0.05) is 24.3 Å². The first-order valence-electron chi connectivity index (χ1n) is 10.5. The minimum atomic E-state index is -4.30. The van der Waals surface area contributed by atoms with Crippen LogP contribution < -0.4 is 5.32 Å². The molecule has 0 amide bonds. The van der Waals surface area contributed by atoms with Crippen LogP contribution in [-0.2, 0) is 22.9 Å². The van der Waals surface area contributed by atoms with Gasteiger partial charge in [0.1, 0.15) is 16.5 Å². The number of hydrogen-bond donors (Lipinski definition) is 2. The molecule has 0 bridgehead atoms. The van der Waals surface area contributed by atoms with Crippen molar-refractivity contribution in [1.29, 1.82) is 0 Å². The van der Waals surface area contributed by atoms with Crippen molar-refractivity contribution in [3.63, 3.8) is 0 Å². The molecular weight excluding hydrogens is 502 g/mol. The molecule has 1 aliphatic rings. The molecule has 0 saturated heterocycles. The van der Waals surface area contributed by atoms with E-state index in [0.717, 1.165) is 29.6 Å². The highest BCUT2D eigenvalue weighted by atomic mass is 79.9. The third-order valence-corrected chi connectivity index (χ3v) is 8.33. The second-order valence-corrected chi connectivity index (χ2v) is 12.0. The summed E-state index contributed by atoms with van der Waals surface area (Å²) in [6.07, 6.45) is 1.95. The standard InChI is InChI=1S/C23H29BrF2N2O3S/c1-23(2,12-15-8-16-6-4-5-7-17(16)9-15)27-13-18(29)14-28(3)32(30,31)22-11-20(25)19(24)10-21(22)26/h4-7,10-11,15,18,27,29H,8-9,12-14H2,1-3H3/t18-/m1/s1. The molecule has 2 N–H and O–H groups in total. The lowest BCUT2D eigenvalue weighted by atomic mass is 9.88. The average molecular weight is 531 g/mol. The van der Waals surface area contributed by atoms with E-state index >= 15 is 0 Å². The van der Waals surface area contributed by atoms with Crippen molar-refractivity contribution in [3.05, 3.63) is 63.6 Å². The monoisotopic (exact) mass is 530 g/mol. The summed E-state index contributed by atoms with van der Waals surface area (Å²) in [5.74, 6) is -1.43. The minimum Gasteiger partial charge on any atom is -0.390 e. The Labute approximate surface area is 197 Å². The van der Waals surface area contributed by atoms with Gasteiger partial charge in [-0.25, -0.2) is 17.2 Å². The van der Waals surface area contributed by atoms with Crippen molar-refractivity contribution >= 4 is 26.0 Å². The Morgan fingerprint density at radius 1 is 1.19 bits per heavy atom. The maximum atomic E-state index is 14.1. The Kier molecular flexibility index (Phi) is 7.77. The van der Waals surface area contributed by atoms with Gasteiger partial charge < -0.3 is 10.4 Å². The van der Waals surface area contributed by atoms with E-state index in [4.69, 9.17) is 0 Å². The van der Waals surface area contributed by atoms with Gasteiger partial charge in [-0.3, -0.25) is 0 Å². The number of likely N-dealkylation sites (N-methyl/N-ethyl adjacent to an activating group) is 1. The summed E-state index contributed by atoms with van der Waals surface area (Å²) in [4.78, 5) is -0.762. The van der Waals surface area contributed by atoms with Crippen LogP contribution in [0.3, 0.4) is 0 Å². The molecule has 3 rings (SSSR count). The largest absolute Gasteiger partial charge is 0.390 e. The van der Waals surface area contributed by atoms with Crippen LogP contribution >= 0.6 is 15.9 Å². The van der Waals surface area contributed by atoms with Gasteiger partial charge in [0.25, 0.3) is 0 Å². The maximum Gasteiger partial charge on any atom is 0.245 e. The van der Waals surface area contributed by atoms with Crippen LogP contribution in [-0.4, -0.2) is 49.6 Å². The van der Waals surface area contributed by atoms with Crippen molar-refractivity contribution in [2.24, 2.45) is 5.92 Å². The molecule has 9 heteroatoms. The predicted octanol–water partition coefficient (Wildman–Crippen LogP) is 3.88. The molecule has 0 aliphatic heterocycles. The molecule has 0 aromatic heterocycles. The highest BCUT2D eigenvalue weighted by molar-refractivity contribution is 9.10. The van der Waals surface area contributed by atoms with Crippen LogP contribution in [0.25, 0.3) is 0 Å². The molecule has 0 radical (unpaired) electrons. The predicted molar refractivity (Wildman–Crippen MR) is 124 cm³/mol. The molecule has 0 fully saturated rings. The number of hydrogen-bond acceptors (Lipinski definition) is 4. The Hall–Kier alpha value is -1.39. The van der Waals surface area contributed by atoms with Gasteiger partial charge in [0.2, 0.25) is 10.0 Å². The molecule has 2 aromatic rings. The number of nitrogens with zero attached hydrogens (tertiary/aromatic N) is 1. The van der Waals surface area contributed by atoms with Crippen LogP contribution in [0, 0.1) is 17.6 Å². The Morgan fingerprint density at radius 3 is 2.38 bits per heavy atom. The molecule has 0 heterocycles. The molecule has 5 nitrogen and oxygen atoms in total. The van der Waals surface area contributed by atoms with E-state index in [0.29, 0.717) is 12.0 Å². The van der Waals surface area contributed by atoms with Crippen LogP contribution in [0.15, 0.2) is 45.8 Å². The van der Waals surface area contributed by atoms with E-state index < -0.39 is 32.7 Å². The van der Waals surface area contributed by atoms with Gasteiger partial charge in [-0.15, -0.1) is 0 Å². The van der Waals surface area contributed by atoms with Gasteiger partial charge in [-0.05, 0) is 78.2 Å². The number of fused-ring (bicyclic) bond motifs is 1. The first-order chi connectivity index (χ1) is 14.9. The molecule has 0 spiro atoms. The highest BCUT2D eigenvalue weighted by Crippen LogP contribution is 2.32. The van der Waals surface area contributed by atoms with E-state index in [9.17, 15) is 22.3 Å². The Balaban J connectivity index is 1.54. The molecule has 0 unspecified atom stereocenters. The Morgan fingerprint density at radius 2 is 1.78 bits per heavy atom. The third-order valence-electron chi connectivity index (χ3n) is 5.88. The van der Waals surface area contributed by atoms with Gasteiger partial charge >= 0.3 is 0 Å². The summed E-state index contributed by atoms with van der Waals surface area (Å²) < 4.78 is 53.9. The maximum absolute atomic E-state index is 14.1. The van der Waals surface area contributed by atoms with Crippen molar-refractivity contribution < 1.29 is 22.3 Å². The molecule has 32 heavy (non-hydrogen) atoms. The van der Waals surface area contributed by atoms with E-state index in [2.05, 4.69) is 59.4 Å². The lowest BCUT2D eigenvalue weighted by Gasteiger charge is -2.31. The zero-order chi connectivity index (χ0) is 23.7. The zero-order valence-corrected chi connectivity index (χ0v) is 20.8. The topological polar surface area (TPSA) is 69.6 Å². The molecule has 1 aliphatic carbocycles. The van der Waals surface area contributed by atoms with E-state index in [-0.39, 0.29) is 23.1 Å². The Bertz CT molecular complexity index is 1050. The van der Waals surface area contributed by atoms with Gasteiger partial charge in [0.05, 0.1) is 10.6 Å². The first kappa shape index (κ1) is 25.2. The number of benzene rings is 2. The number of sulfonamides is 1. The van der Waals surface area contributed by atoms with Crippen molar-refractivity contribution in [3.8, 4) is 0 Å². The van der Waals surface area contributed by atoms with E-state index in [1.54, 1.807) is 0 Å². The van der Waals surface area contributed by atoms with Crippen molar-refractivity contribution in [2.75, 3.05) is 20.1 Å². The van der Waals surface area contributed by atoms with Gasteiger partial charge in [0, 0.05) is 25.7 Å². The SMILES string of the molecule is CN(C[C@H](O)CNC(C)(C)CC1Cc2ccccc2C1)S(=O)(=O)c1cc(F)c(Br)cc1F. The number of halogens is 3. The number of aliphatic hydroxyl groups excluding tert-OH is 1. The van der Waals surface area contributed by atoms with Crippen LogP contribution in [0.1, 0.15) is 31.4 Å². The zero-order valence-electron chi connectivity index (χ0n) is 18.4. The molecular formula is C23H29BrF2N2O3S. The summed E-state index contributed by atoms with van der Waals surface area (Å²) in [5.41, 5.74) is 2.51. The van der Waals surface area contributed by atoms with Crippen LogP contribution in [0.5, 0.6) is 0 Å². The van der Waals surface area contributed by atoms with Gasteiger partial charge in [-0.2, -0.15) is 4.31 Å². The lowest BCUT2D eigenvalue weighted by Crippen LogP contribution is -2.47. The van der Waals surface area contributed by atoms with Crippen molar-refractivity contribution in [2.45, 2.75) is 49.6 Å². The third kappa shape index (κ3) is 5.94. The summed E-state index contributed by atoms with van der Waals surface area (Å²) in [6.45, 7) is 4.04. The smallest absolute Gasteiger partial charge is 0.245 e. The minimum absolute atomic E-state index is 0.159. The quantitative estimate of drug-likeness (QED) is 0.482. The molecule has 0 saturated carbocycles.